The van der Waals surface area contributed by atoms with Crippen LogP contribution in [0, 0.1) is 5.92 Å². The second-order valence-electron chi connectivity index (χ2n) is 3.67. The van der Waals surface area contributed by atoms with Crippen molar-refractivity contribution in [2.24, 2.45) is 5.92 Å². The topological polar surface area (TPSA) is 55.4 Å². The van der Waals surface area contributed by atoms with Gasteiger partial charge in [0.15, 0.2) is 6.10 Å². The van der Waals surface area contributed by atoms with Gasteiger partial charge in [-0.3, -0.25) is 9.59 Å². The van der Waals surface area contributed by atoms with Crippen molar-refractivity contribution in [2.45, 2.75) is 38.2 Å². The zero-order valence-corrected chi connectivity index (χ0v) is 8.49. The number of nitrogens with one attached hydrogen (secondary N) is 1. The molecule has 1 N–H and O–H groups in total. The minimum absolute atomic E-state index is 0.191. The smallest absolute Gasteiger partial charge is 0.293 e. The number of rotatable bonds is 4. The van der Waals surface area contributed by atoms with Crippen LogP contribution in [-0.2, 0) is 14.3 Å². The summed E-state index contributed by atoms with van der Waals surface area (Å²) in [7, 11) is 1.56. The van der Waals surface area contributed by atoms with E-state index in [1.165, 1.54) is 6.42 Å². The molecular formula is C10H17NO3. The standard InChI is InChI=1S/C10H17NO3/c1-11-10(13)9(14-7-12)8-5-3-2-4-6-8/h7-9H,2-6H2,1H3,(H,11,13). The fraction of sp³-hybridized carbons (Fsp3) is 0.800. The number of carbonyl (C=O) groups is 2. The lowest BCUT2D eigenvalue weighted by atomic mass is 9.85. The first-order chi connectivity index (χ1) is 6.79. The highest BCUT2D eigenvalue weighted by Gasteiger charge is 2.30. The summed E-state index contributed by atoms with van der Waals surface area (Å²) < 4.78 is 4.84. The quantitative estimate of drug-likeness (QED) is 0.683. The van der Waals surface area contributed by atoms with Crippen LogP contribution >= 0.6 is 0 Å². The van der Waals surface area contributed by atoms with Crippen molar-refractivity contribution in [3.05, 3.63) is 0 Å². The van der Waals surface area contributed by atoms with Crippen LogP contribution in [-0.4, -0.2) is 25.5 Å². The monoisotopic (exact) mass is 199 g/mol. The molecule has 4 heteroatoms. The molecule has 0 saturated heterocycles. The summed E-state index contributed by atoms with van der Waals surface area (Å²) in [5.74, 6) is 0.0119. The van der Waals surface area contributed by atoms with Crippen molar-refractivity contribution in [3.8, 4) is 0 Å². The van der Waals surface area contributed by atoms with E-state index in [2.05, 4.69) is 5.32 Å². The fourth-order valence-corrected chi connectivity index (χ4v) is 2.03. The predicted molar refractivity (Wildman–Crippen MR) is 51.6 cm³/mol. The normalized spacial score (nSPS) is 19.8. The van der Waals surface area contributed by atoms with Gasteiger partial charge >= 0.3 is 0 Å². The average Bonchev–Trinajstić information content (AvgIpc) is 2.26. The molecule has 1 rings (SSSR count). The van der Waals surface area contributed by atoms with Crippen LogP contribution < -0.4 is 5.32 Å². The Hall–Kier alpha value is -1.06. The third-order valence-corrected chi connectivity index (χ3v) is 2.78. The van der Waals surface area contributed by atoms with Crippen LogP contribution in [0.1, 0.15) is 32.1 Å². The molecule has 1 saturated carbocycles. The average molecular weight is 199 g/mol. The molecule has 80 valence electrons. The van der Waals surface area contributed by atoms with Gasteiger partial charge in [-0.25, -0.2) is 0 Å². The molecule has 1 aliphatic carbocycles. The van der Waals surface area contributed by atoms with E-state index >= 15 is 0 Å². The van der Waals surface area contributed by atoms with Crippen LogP contribution in [0.25, 0.3) is 0 Å². The van der Waals surface area contributed by atoms with E-state index in [0.29, 0.717) is 6.47 Å². The first kappa shape index (κ1) is 11.0. The zero-order chi connectivity index (χ0) is 10.4. The van der Waals surface area contributed by atoms with Gasteiger partial charge in [-0.2, -0.15) is 0 Å². The molecular weight excluding hydrogens is 182 g/mol. The largest absolute Gasteiger partial charge is 0.454 e. The van der Waals surface area contributed by atoms with Crippen molar-refractivity contribution in [1.29, 1.82) is 0 Å². The molecule has 1 unspecified atom stereocenters. The highest BCUT2D eigenvalue weighted by Crippen LogP contribution is 2.27. The van der Waals surface area contributed by atoms with Gasteiger partial charge in [0.05, 0.1) is 0 Å². The minimum Gasteiger partial charge on any atom is -0.454 e. The third kappa shape index (κ3) is 2.72. The van der Waals surface area contributed by atoms with E-state index in [9.17, 15) is 9.59 Å². The zero-order valence-electron chi connectivity index (χ0n) is 8.49. The van der Waals surface area contributed by atoms with Crippen LogP contribution in [0.15, 0.2) is 0 Å². The van der Waals surface area contributed by atoms with Gasteiger partial charge in [-0.15, -0.1) is 0 Å². The number of hydrogen-bond acceptors (Lipinski definition) is 3. The van der Waals surface area contributed by atoms with Gasteiger partial charge in [0.25, 0.3) is 12.4 Å². The summed E-state index contributed by atoms with van der Waals surface area (Å²) in [6.45, 7) is 0.370. The van der Waals surface area contributed by atoms with Gasteiger partial charge in [-0.05, 0) is 12.8 Å². The van der Waals surface area contributed by atoms with Crippen LogP contribution in [0.2, 0.25) is 0 Å². The Morgan fingerprint density at radius 1 is 1.43 bits per heavy atom. The molecule has 4 nitrogen and oxygen atoms in total. The molecule has 0 heterocycles. The lowest BCUT2D eigenvalue weighted by Gasteiger charge is -2.27. The maximum atomic E-state index is 11.4. The molecule has 1 fully saturated rings. The summed E-state index contributed by atoms with van der Waals surface area (Å²) in [6.07, 6.45) is 4.84. The number of amides is 1. The van der Waals surface area contributed by atoms with Crippen molar-refractivity contribution >= 4 is 12.4 Å². The maximum absolute atomic E-state index is 11.4. The highest BCUT2D eigenvalue weighted by molar-refractivity contribution is 5.81. The summed E-state index contributed by atoms with van der Waals surface area (Å²) in [5, 5.41) is 2.52. The van der Waals surface area contributed by atoms with Crippen LogP contribution in [0.4, 0.5) is 0 Å². The third-order valence-electron chi connectivity index (χ3n) is 2.78. The molecule has 1 amide bonds. The van der Waals surface area contributed by atoms with E-state index < -0.39 is 6.10 Å². The molecule has 1 aliphatic rings. The molecule has 0 aliphatic heterocycles. The molecule has 14 heavy (non-hydrogen) atoms. The Labute approximate surface area is 84.0 Å². The second kappa shape index (κ2) is 5.62. The summed E-state index contributed by atoms with van der Waals surface area (Å²) in [5.41, 5.74) is 0. The molecule has 0 aromatic carbocycles. The van der Waals surface area contributed by atoms with E-state index in [4.69, 9.17) is 4.74 Å². The molecule has 0 aromatic heterocycles. The molecule has 0 radical (unpaired) electrons. The minimum atomic E-state index is -0.585. The Morgan fingerprint density at radius 3 is 2.57 bits per heavy atom. The number of hydrogen-bond donors (Lipinski definition) is 1. The van der Waals surface area contributed by atoms with Crippen LogP contribution in [0.3, 0.4) is 0 Å². The summed E-state index contributed by atoms with van der Waals surface area (Å²) in [4.78, 5) is 21.7. The number of likely N-dealkylation sites (N-methyl/N-ethyl adjacent to an activating group) is 1. The molecule has 0 bridgehead atoms. The van der Waals surface area contributed by atoms with Crippen molar-refractivity contribution < 1.29 is 14.3 Å². The highest BCUT2D eigenvalue weighted by atomic mass is 16.5. The fourth-order valence-electron chi connectivity index (χ4n) is 2.03. The Morgan fingerprint density at radius 2 is 2.07 bits per heavy atom. The van der Waals surface area contributed by atoms with Gasteiger partial charge in [0.1, 0.15) is 0 Å². The van der Waals surface area contributed by atoms with E-state index in [-0.39, 0.29) is 11.8 Å². The predicted octanol–water partition coefficient (Wildman–Crippen LogP) is 0.854. The van der Waals surface area contributed by atoms with Gasteiger partial charge in [0, 0.05) is 13.0 Å². The molecule has 0 spiro atoms. The first-order valence-electron chi connectivity index (χ1n) is 5.10. The second-order valence-corrected chi connectivity index (χ2v) is 3.67. The van der Waals surface area contributed by atoms with E-state index in [1.54, 1.807) is 7.05 Å². The summed E-state index contributed by atoms with van der Waals surface area (Å²) >= 11 is 0. The lowest BCUT2D eigenvalue weighted by molar-refractivity contribution is -0.149. The number of carbonyl (C=O) groups excluding carboxylic acids is 2. The Bertz CT molecular complexity index is 200. The SMILES string of the molecule is CNC(=O)C(OC=O)C1CCCCC1. The van der Waals surface area contributed by atoms with Gasteiger partial charge < -0.3 is 10.1 Å². The van der Waals surface area contributed by atoms with E-state index in [1.807, 2.05) is 0 Å². The van der Waals surface area contributed by atoms with Crippen molar-refractivity contribution in [2.75, 3.05) is 7.05 Å². The summed E-state index contributed by atoms with van der Waals surface area (Å²) in [6, 6.07) is 0. The molecule has 1 atom stereocenters. The number of ether oxygens (including phenoxy) is 1. The van der Waals surface area contributed by atoms with Crippen molar-refractivity contribution in [1.82, 2.24) is 5.32 Å². The lowest BCUT2D eigenvalue weighted by Crippen LogP contribution is -2.40. The van der Waals surface area contributed by atoms with Crippen molar-refractivity contribution in [3.63, 3.8) is 0 Å². The van der Waals surface area contributed by atoms with Gasteiger partial charge in [0.2, 0.25) is 0 Å². The first-order valence-corrected chi connectivity index (χ1v) is 5.10. The van der Waals surface area contributed by atoms with Gasteiger partial charge in [-0.1, -0.05) is 19.3 Å². The maximum Gasteiger partial charge on any atom is 0.293 e. The van der Waals surface area contributed by atoms with Crippen LogP contribution in [0.5, 0.6) is 0 Å². The Balaban J connectivity index is 2.55. The molecule has 0 aromatic rings. The van der Waals surface area contributed by atoms with E-state index in [0.717, 1.165) is 25.7 Å². The Kier molecular flexibility index (Phi) is 4.43.